The molecule has 8 nitrogen and oxygen atoms in total. The van der Waals surface area contributed by atoms with Gasteiger partial charge in [0, 0.05) is 4.92 Å². The lowest BCUT2D eigenvalue weighted by atomic mass is 9.85. The summed E-state index contributed by atoms with van der Waals surface area (Å²) >= 11 is 0. The van der Waals surface area contributed by atoms with Crippen LogP contribution < -0.4 is 4.74 Å². The first-order chi connectivity index (χ1) is 13.9. The van der Waals surface area contributed by atoms with Crippen LogP contribution in [-0.2, 0) is 19.1 Å². The van der Waals surface area contributed by atoms with Gasteiger partial charge in [-0.25, -0.2) is 0 Å². The van der Waals surface area contributed by atoms with Crippen LogP contribution in [0.4, 0.5) is 0 Å². The molecule has 0 aliphatic heterocycles. The van der Waals surface area contributed by atoms with Crippen LogP contribution in [0.1, 0.15) is 56.9 Å². The number of methoxy groups -OCH3 is 2. The van der Waals surface area contributed by atoms with Gasteiger partial charge in [-0.3, -0.25) is 19.7 Å². The fourth-order valence-electron chi connectivity index (χ4n) is 3.13. The van der Waals surface area contributed by atoms with Gasteiger partial charge in [-0.05, 0) is 24.1 Å². The smallest absolute Gasteiger partial charge is 0.320 e. The summed E-state index contributed by atoms with van der Waals surface area (Å²) in [6.07, 6.45) is 6.98. The Hall–Kier alpha value is -2.64. The standard InChI is InChI=1S/C21H31NO7/c1-4-5-6-7-8-9-14-29-17-12-10-16(11-13-17)18(15-22(25)26)19(20(23)27-2)21(24)28-3/h10-13,18-19H,4-9,14-15H2,1-3H3/t18-/m0/s1. The number of ether oxygens (including phenoxy) is 3. The summed E-state index contributed by atoms with van der Waals surface area (Å²) < 4.78 is 15.0. The SMILES string of the molecule is CCCCCCCCOc1ccc([C@H](C[N+](=O)[O-])C(C(=O)OC)C(=O)OC)cc1. The topological polar surface area (TPSA) is 105 Å². The third-order valence-electron chi connectivity index (χ3n) is 4.73. The quantitative estimate of drug-likeness (QED) is 0.151. The predicted octanol–water partition coefficient (Wildman–Crippen LogP) is 3.75. The number of carbonyl (C=O) groups is 2. The fourth-order valence-corrected chi connectivity index (χ4v) is 3.13. The molecule has 1 aromatic rings. The second-order valence-electron chi connectivity index (χ2n) is 6.83. The van der Waals surface area contributed by atoms with Crippen LogP contribution in [0.25, 0.3) is 0 Å². The number of benzene rings is 1. The average Bonchev–Trinajstić information content (AvgIpc) is 2.72. The zero-order valence-corrected chi connectivity index (χ0v) is 17.4. The van der Waals surface area contributed by atoms with Gasteiger partial charge in [0.1, 0.15) is 5.75 Å². The van der Waals surface area contributed by atoms with E-state index in [2.05, 4.69) is 16.4 Å². The van der Waals surface area contributed by atoms with Crippen molar-refractivity contribution in [2.45, 2.75) is 51.4 Å². The molecule has 0 fully saturated rings. The lowest BCUT2D eigenvalue weighted by molar-refractivity contribution is -0.484. The minimum Gasteiger partial charge on any atom is -0.494 e. The summed E-state index contributed by atoms with van der Waals surface area (Å²) in [5, 5.41) is 11.1. The molecule has 0 radical (unpaired) electrons. The van der Waals surface area contributed by atoms with Crippen molar-refractivity contribution < 1.29 is 28.7 Å². The van der Waals surface area contributed by atoms with Gasteiger partial charge >= 0.3 is 11.9 Å². The highest BCUT2D eigenvalue weighted by atomic mass is 16.6. The first-order valence-electron chi connectivity index (χ1n) is 9.94. The molecule has 0 heterocycles. The number of hydrogen-bond acceptors (Lipinski definition) is 7. The van der Waals surface area contributed by atoms with Gasteiger partial charge < -0.3 is 14.2 Å². The molecule has 0 aliphatic carbocycles. The van der Waals surface area contributed by atoms with Gasteiger partial charge in [0.05, 0.1) is 26.7 Å². The molecular weight excluding hydrogens is 378 g/mol. The Morgan fingerprint density at radius 3 is 2.03 bits per heavy atom. The monoisotopic (exact) mass is 409 g/mol. The zero-order chi connectivity index (χ0) is 21.6. The van der Waals surface area contributed by atoms with Crippen molar-refractivity contribution >= 4 is 11.9 Å². The second-order valence-corrected chi connectivity index (χ2v) is 6.83. The van der Waals surface area contributed by atoms with Gasteiger partial charge in [0.15, 0.2) is 5.92 Å². The lowest BCUT2D eigenvalue weighted by Gasteiger charge is -2.21. The number of nitrogens with zero attached hydrogens (tertiary/aromatic N) is 1. The molecule has 8 heteroatoms. The highest BCUT2D eigenvalue weighted by Crippen LogP contribution is 2.29. The van der Waals surface area contributed by atoms with E-state index in [4.69, 9.17) is 4.74 Å². The van der Waals surface area contributed by atoms with Crippen LogP contribution in [-0.4, -0.2) is 44.2 Å². The molecule has 0 N–H and O–H groups in total. The van der Waals surface area contributed by atoms with E-state index in [0.717, 1.165) is 27.1 Å². The fraction of sp³-hybridized carbons (Fsp3) is 0.619. The molecule has 0 saturated carbocycles. The van der Waals surface area contributed by atoms with E-state index >= 15 is 0 Å². The van der Waals surface area contributed by atoms with Gasteiger partial charge in [-0.1, -0.05) is 51.2 Å². The van der Waals surface area contributed by atoms with Crippen LogP contribution in [0.3, 0.4) is 0 Å². The van der Waals surface area contributed by atoms with E-state index < -0.39 is 35.2 Å². The number of esters is 2. The van der Waals surface area contributed by atoms with Crippen LogP contribution in [0.15, 0.2) is 24.3 Å². The Morgan fingerprint density at radius 1 is 0.966 bits per heavy atom. The summed E-state index contributed by atoms with van der Waals surface area (Å²) in [6.45, 7) is 2.17. The predicted molar refractivity (Wildman–Crippen MR) is 107 cm³/mol. The van der Waals surface area contributed by atoms with Crippen LogP contribution >= 0.6 is 0 Å². The van der Waals surface area contributed by atoms with Crippen molar-refractivity contribution in [1.29, 1.82) is 0 Å². The highest BCUT2D eigenvalue weighted by molar-refractivity contribution is 5.96. The highest BCUT2D eigenvalue weighted by Gasteiger charge is 2.40. The van der Waals surface area contributed by atoms with E-state index in [1.165, 1.54) is 25.7 Å². The van der Waals surface area contributed by atoms with Gasteiger partial charge in [-0.15, -0.1) is 0 Å². The molecule has 0 unspecified atom stereocenters. The first kappa shape index (κ1) is 24.4. The molecular formula is C21H31NO7. The van der Waals surface area contributed by atoms with Gasteiger partial charge in [0.25, 0.3) is 0 Å². The van der Waals surface area contributed by atoms with Crippen molar-refractivity contribution in [3.63, 3.8) is 0 Å². The van der Waals surface area contributed by atoms with E-state index in [-0.39, 0.29) is 0 Å². The van der Waals surface area contributed by atoms with Crippen molar-refractivity contribution in [2.24, 2.45) is 5.92 Å². The average molecular weight is 409 g/mol. The van der Waals surface area contributed by atoms with Crippen molar-refractivity contribution in [3.8, 4) is 5.75 Å². The zero-order valence-electron chi connectivity index (χ0n) is 17.4. The summed E-state index contributed by atoms with van der Waals surface area (Å²) in [5.41, 5.74) is 0.467. The largest absolute Gasteiger partial charge is 0.494 e. The molecule has 0 amide bonds. The molecule has 0 spiro atoms. The summed E-state index contributed by atoms with van der Waals surface area (Å²) in [5.74, 6) is -3.52. The Bertz CT molecular complexity index is 629. The van der Waals surface area contributed by atoms with E-state index in [1.807, 2.05) is 0 Å². The van der Waals surface area contributed by atoms with E-state index in [0.29, 0.717) is 17.9 Å². The van der Waals surface area contributed by atoms with Crippen LogP contribution in [0, 0.1) is 16.0 Å². The van der Waals surface area contributed by atoms with Gasteiger partial charge in [0.2, 0.25) is 6.54 Å². The molecule has 1 atom stereocenters. The summed E-state index contributed by atoms with van der Waals surface area (Å²) in [6, 6.07) is 6.63. The summed E-state index contributed by atoms with van der Waals surface area (Å²) in [4.78, 5) is 34.7. The van der Waals surface area contributed by atoms with E-state index in [9.17, 15) is 19.7 Å². The molecule has 0 saturated heterocycles. The minimum absolute atomic E-state index is 0.467. The molecule has 0 aromatic heterocycles. The van der Waals surface area contributed by atoms with Crippen molar-refractivity contribution in [3.05, 3.63) is 39.9 Å². The van der Waals surface area contributed by atoms with Crippen LogP contribution in [0.2, 0.25) is 0 Å². The maximum Gasteiger partial charge on any atom is 0.320 e. The third-order valence-corrected chi connectivity index (χ3v) is 4.73. The Kier molecular flexibility index (Phi) is 11.4. The van der Waals surface area contributed by atoms with Crippen molar-refractivity contribution in [1.82, 2.24) is 0 Å². The first-order valence-corrected chi connectivity index (χ1v) is 9.94. The van der Waals surface area contributed by atoms with Crippen molar-refractivity contribution in [2.75, 3.05) is 27.4 Å². The minimum atomic E-state index is -1.41. The molecule has 0 bridgehead atoms. The number of nitro groups is 1. The number of rotatable bonds is 14. The normalized spacial score (nSPS) is 11.7. The Balaban J connectivity index is 2.79. The Morgan fingerprint density at radius 2 is 1.52 bits per heavy atom. The second kappa shape index (κ2) is 13.5. The molecule has 29 heavy (non-hydrogen) atoms. The number of hydrogen-bond donors (Lipinski definition) is 0. The maximum absolute atomic E-state index is 12.1. The maximum atomic E-state index is 12.1. The van der Waals surface area contributed by atoms with Crippen LogP contribution in [0.5, 0.6) is 5.75 Å². The van der Waals surface area contributed by atoms with E-state index in [1.54, 1.807) is 24.3 Å². The molecule has 0 aliphatic rings. The number of unbranched alkanes of at least 4 members (excludes halogenated alkanes) is 5. The van der Waals surface area contributed by atoms with Gasteiger partial charge in [-0.2, -0.15) is 0 Å². The third kappa shape index (κ3) is 8.50. The summed E-state index contributed by atoms with van der Waals surface area (Å²) in [7, 11) is 2.25. The molecule has 1 rings (SSSR count). The molecule has 1 aromatic carbocycles. The lowest BCUT2D eigenvalue weighted by Crippen LogP contribution is -2.35. The molecule has 162 valence electrons. The number of carbonyl (C=O) groups excluding carboxylic acids is 2. The Labute approximate surface area is 171 Å².